The molecule has 4 nitrogen and oxygen atoms in total. The van der Waals surface area contributed by atoms with Gasteiger partial charge >= 0.3 is 0 Å². The van der Waals surface area contributed by atoms with Gasteiger partial charge in [0.1, 0.15) is 5.69 Å². The topological polar surface area (TPSA) is 37.3 Å². The average molecular weight is 221 g/mol. The maximum atomic E-state index is 12.3. The minimum atomic E-state index is 0.143. The molecule has 0 aromatic carbocycles. The monoisotopic (exact) mass is 221 g/mol. The Kier molecular flexibility index (Phi) is 3.01. The van der Waals surface area contributed by atoms with Gasteiger partial charge in [-0.25, -0.2) is 0 Å². The molecule has 1 aliphatic heterocycles. The normalized spacial score (nSPS) is 21.2. The zero-order chi connectivity index (χ0) is 11.7. The number of nitrogens with one attached hydrogen (secondary N) is 1. The molecule has 88 valence electrons. The molecule has 1 aromatic rings. The van der Waals surface area contributed by atoms with Crippen LogP contribution in [0.15, 0.2) is 12.1 Å². The van der Waals surface area contributed by atoms with Gasteiger partial charge in [-0.05, 0) is 26.0 Å². The molecule has 2 heterocycles. The van der Waals surface area contributed by atoms with Gasteiger partial charge in [0.25, 0.3) is 5.91 Å². The molecule has 1 unspecified atom stereocenters. The number of rotatable bonds is 1. The minimum absolute atomic E-state index is 0.143. The van der Waals surface area contributed by atoms with Crippen LogP contribution in [-0.2, 0) is 7.05 Å². The molecule has 1 amide bonds. The Morgan fingerprint density at radius 3 is 2.81 bits per heavy atom. The summed E-state index contributed by atoms with van der Waals surface area (Å²) >= 11 is 0. The van der Waals surface area contributed by atoms with Crippen molar-refractivity contribution in [1.29, 1.82) is 0 Å². The Bertz CT molecular complexity index is 397. The molecule has 1 aromatic heterocycles. The third kappa shape index (κ3) is 1.85. The van der Waals surface area contributed by atoms with E-state index in [9.17, 15) is 4.79 Å². The fourth-order valence-corrected chi connectivity index (χ4v) is 2.12. The molecule has 0 aliphatic carbocycles. The highest BCUT2D eigenvalue weighted by Gasteiger charge is 2.25. The lowest BCUT2D eigenvalue weighted by atomic mass is 10.2. The van der Waals surface area contributed by atoms with Gasteiger partial charge in [0.15, 0.2) is 0 Å². The summed E-state index contributed by atoms with van der Waals surface area (Å²) in [6.07, 6.45) is 0. The van der Waals surface area contributed by atoms with Gasteiger partial charge in [0, 0.05) is 38.4 Å². The lowest BCUT2D eigenvalue weighted by Gasteiger charge is -2.34. The van der Waals surface area contributed by atoms with Crippen LogP contribution < -0.4 is 5.32 Å². The largest absolute Gasteiger partial charge is 0.344 e. The number of nitrogens with zero attached hydrogens (tertiary/aromatic N) is 2. The summed E-state index contributed by atoms with van der Waals surface area (Å²) in [7, 11) is 1.94. The van der Waals surface area contributed by atoms with Gasteiger partial charge < -0.3 is 14.8 Å². The Labute approximate surface area is 96.2 Å². The molecule has 2 rings (SSSR count). The highest BCUT2D eigenvalue weighted by Crippen LogP contribution is 2.12. The molecule has 0 radical (unpaired) electrons. The van der Waals surface area contributed by atoms with Crippen molar-refractivity contribution in [3.05, 3.63) is 23.5 Å². The molecule has 0 bridgehead atoms. The van der Waals surface area contributed by atoms with Gasteiger partial charge in [-0.15, -0.1) is 0 Å². The van der Waals surface area contributed by atoms with E-state index in [1.54, 1.807) is 0 Å². The summed E-state index contributed by atoms with van der Waals surface area (Å²) in [5, 5.41) is 3.29. The van der Waals surface area contributed by atoms with E-state index in [1.807, 2.05) is 35.6 Å². The van der Waals surface area contributed by atoms with E-state index >= 15 is 0 Å². The van der Waals surface area contributed by atoms with E-state index in [2.05, 4.69) is 12.2 Å². The van der Waals surface area contributed by atoms with Crippen LogP contribution in [0.25, 0.3) is 0 Å². The smallest absolute Gasteiger partial charge is 0.270 e. The van der Waals surface area contributed by atoms with Crippen LogP contribution in [0.2, 0.25) is 0 Å². The van der Waals surface area contributed by atoms with E-state index in [4.69, 9.17) is 0 Å². The Morgan fingerprint density at radius 2 is 2.25 bits per heavy atom. The molecule has 1 saturated heterocycles. The second-order valence-electron chi connectivity index (χ2n) is 4.47. The Balaban J connectivity index is 2.21. The predicted molar refractivity (Wildman–Crippen MR) is 63.5 cm³/mol. The number of aryl methyl sites for hydroxylation is 1. The van der Waals surface area contributed by atoms with Crippen molar-refractivity contribution in [2.45, 2.75) is 19.9 Å². The van der Waals surface area contributed by atoms with Gasteiger partial charge in [0.2, 0.25) is 0 Å². The predicted octanol–water partition coefficient (Wildman–Crippen LogP) is 0.767. The first-order chi connectivity index (χ1) is 7.61. The number of aromatic nitrogens is 1. The van der Waals surface area contributed by atoms with Crippen molar-refractivity contribution >= 4 is 5.91 Å². The fraction of sp³-hybridized carbons (Fsp3) is 0.583. The molecule has 1 aliphatic rings. The molecule has 4 heteroatoms. The van der Waals surface area contributed by atoms with Crippen molar-refractivity contribution in [2.24, 2.45) is 7.05 Å². The Hall–Kier alpha value is -1.29. The van der Waals surface area contributed by atoms with Crippen LogP contribution in [0.5, 0.6) is 0 Å². The summed E-state index contributed by atoms with van der Waals surface area (Å²) in [6, 6.07) is 4.17. The van der Waals surface area contributed by atoms with E-state index in [0.29, 0.717) is 0 Å². The first-order valence-corrected chi connectivity index (χ1v) is 5.75. The lowest BCUT2D eigenvalue weighted by molar-refractivity contribution is 0.0645. The number of carbonyl (C=O) groups excluding carboxylic acids is 1. The van der Waals surface area contributed by atoms with Crippen LogP contribution in [0.3, 0.4) is 0 Å². The van der Waals surface area contributed by atoms with Crippen molar-refractivity contribution in [1.82, 2.24) is 14.8 Å². The molecule has 1 atom stereocenters. The van der Waals surface area contributed by atoms with Gasteiger partial charge in [-0.3, -0.25) is 4.79 Å². The summed E-state index contributed by atoms with van der Waals surface area (Å²) in [6.45, 7) is 6.66. The highest BCUT2D eigenvalue weighted by molar-refractivity contribution is 5.93. The summed E-state index contributed by atoms with van der Waals surface area (Å²) < 4.78 is 1.96. The number of hydrogen-bond donors (Lipinski definition) is 1. The zero-order valence-corrected chi connectivity index (χ0v) is 10.2. The zero-order valence-electron chi connectivity index (χ0n) is 10.2. The number of piperazine rings is 1. The van der Waals surface area contributed by atoms with Crippen LogP contribution in [0.4, 0.5) is 0 Å². The minimum Gasteiger partial charge on any atom is -0.344 e. The SMILES string of the molecule is Cc1ccc(C(=O)N2CCNCC2C)n1C. The molecule has 0 spiro atoms. The average Bonchev–Trinajstić information content (AvgIpc) is 2.60. The summed E-state index contributed by atoms with van der Waals surface area (Å²) in [5.41, 5.74) is 1.90. The molecule has 0 saturated carbocycles. The Morgan fingerprint density at radius 1 is 1.50 bits per heavy atom. The van der Waals surface area contributed by atoms with Crippen molar-refractivity contribution in [3.63, 3.8) is 0 Å². The van der Waals surface area contributed by atoms with Crippen molar-refractivity contribution in [2.75, 3.05) is 19.6 Å². The first-order valence-electron chi connectivity index (χ1n) is 5.75. The van der Waals surface area contributed by atoms with E-state index in [1.165, 1.54) is 0 Å². The van der Waals surface area contributed by atoms with E-state index in [0.717, 1.165) is 31.0 Å². The second-order valence-corrected chi connectivity index (χ2v) is 4.47. The van der Waals surface area contributed by atoms with Crippen LogP contribution in [-0.4, -0.2) is 41.1 Å². The maximum Gasteiger partial charge on any atom is 0.270 e. The summed E-state index contributed by atoms with van der Waals surface area (Å²) in [5.74, 6) is 0.143. The molecule has 1 N–H and O–H groups in total. The number of hydrogen-bond acceptors (Lipinski definition) is 2. The van der Waals surface area contributed by atoms with Crippen LogP contribution in [0.1, 0.15) is 23.1 Å². The quantitative estimate of drug-likeness (QED) is 0.760. The third-order valence-electron chi connectivity index (χ3n) is 3.35. The van der Waals surface area contributed by atoms with Crippen molar-refractivity contribution in [3.8, 4) is 0 Å². The molecule has 16 heavy (non-hydrogen) atoms. The van der Waals surface area contributed by atoms with Gasteiger partial charge in [-0.1, -0.05) is 0 Å². The maximum absolute atomic E-state index is 12.3. The van der Waals surface area contributed by atoms with E-state index in [-0.39, 0.29) is 11.9 Å². The van der Waals surface area contributed by atoms with Crippen LogP contribution >= 0.6 is 0 Å². The third-order valence-corrected chi connectivity index (χ3v) is 3.35. The van der Waals surface area contributed by atoms with Gasteiger partial charge in [-0.2, -0.15) is 0 Å². The first kappa shape index (κ1) is 11.2. The molecule has 1 fully saturated rings. The standard InChI is InChI=1S/C12H19N3O/c1-9-4-5-11(14(9)3)12(16)15-7-6-13-8-10(15)2/h4-5,10,13H,6-8H2,1-3H3. The highest BCUT2D eigenvalue weighted by atomic mass is 16.2. The summed E-state index contributed by atoms with van der Waals surface area (Å²) in [4.78, 5) is 14.3. The number of amides is 1. The van der Waals surface area contributed by atoms with E-state index < -0.39 is 0 Å². The fourth-order valence-electron chi connectivity index (χ4n) is 2.12. The van der Waals surface area contributed by atoms with Gasteiger partial charge in [0.05, 0.1) is 0 Å². The van der Waals surface area contributed by atoms with Crippen molar-refractivity contribution < 1.29 is 4.79 Å². The number of carbonyl (C=O) groups is 1. The lowest BCUT2D eigenvalue weighted by Crippen LogP contribution is -2.52. The molecular formula is C12H19N3O. The van der Waals surface area contributed by atoms with Crippen LogP contribution in [0, 0.1) is 6.92 Å². The second kappa shape index (κ2) is 4.29. The molecular weight excluding hydrogens is 202 g/mol.